The van der Waals surface area contributed by atoms with Crippen LogP contribution in [0.1, 0.15) is 13.3 Å². The van der Waals surface area contributed by atoms with E-state index in [1.165, 1.54) is 37.1 Å². The van der Waals surface area contributed by atoms with Gasteiger partial charge in [0, 0.05) is 10.9 Å². The Balaban J connectivity index is 2.34. The summed E-state index contributed by atoms with van der Waals surface area (Å²) in [6.07, 6.45) is 0.258. The number of methoxy groups -OCH3 is 1. The van der Waals surface area contributed by atoms with Crippen LogP contribution >= 0.6 is 11.8 Å². The van der Waals surface area contributed by atoms with Crippen LogP contribution in [0.4, 0.5) is 10.1 Å². The van der Waals surface area contributed by atoms with Gasteiger partial charge < -0.3 is 10.1 Å². The first-order chi connectivity index (χ1) is 9.01. The van der Waals surface area contributed by atoms with Crippen molar-refractivity contribution in [2.45, 2.75) is 18.6 Å². The lowest BCUT2D eigenvalue weighted by Gasteiger charge is -2.10. The number of nitrogens with one attached hydrogen (secondary N) is 1. The van der Waals surface area contributed by atoms with E-state index in [1.54, 1.807) is 6.07 Å². The second-order valence-electron chi connectivity index (χ2n) is 3.96. The van der Waals surface area contributed by atoms with Crippen LogP contribution in [-0.2, 0) is 14.3 Å². The largest absolute Gasteiger partial charge is 0.469 e. The fraction of sp³-hybridized carbons (Fsp3) is 0.385. The molecular formula is C13H16FNO3S. The summed E-state index contributed by atoms with van der Waals surface area (Å²) in [6, 6.07) is 5.70. The molecule has 0 saturated carbocycles. The molecule has 1 unspecified atom stereocenters. The van der Waals surface area contributed by atoms with Gasteiger partial charge in [0.05, 0.1) is 19.3 Å². The highest BCUT2D eigenvalue weighted by molar-refractivity contribution is 8.00. The number of carbonyl (C=O) groups excluding carboxylic acids is 2. The van der Waals surface area contributed by atoms with Crippen LogP contribution in [-0.4, -0.2) is 30.0 Å². The Kier molecular flexibility index (Phi) is 6.35. The molecule has 104 valence electrons. The number of halogens is 1. The Labute approximate surface area is 115 Å². The molecule has 1 aromatic rings. The summed E-state index contributed by atoms with van der Waals surface area (Å²) >= 11 is 1.35. The minimum Gasteiger partial charge on any atom is -0.469 e. The van der Waals surface area contributed by atoms with E-state index < -0.39 is 5.82 Å². The number of hydrogen-bond donors (Lipinski definition) is 1. The van der Waals surface area contributed by atoms with Crippen molar-refractivity contribution >= 4 is 29.3 Å². The quantitative estimate of drug-likeness (QED) is 0.816. The van der Waals surface area contributed by atoms with Gasteiger partial charge in [-0.15, -0.1) is 11.8 Å². The second kappa shape index (κ2) is 7.78. The fourth-order valence-corrected chi connectivity index (χ4v) is 2.12. The molecule has 0 aliphatic heterocycles. The highest BCUT2D eigenvalue weighted by Crippen LogP contribution is 2.15. The van der Waals surface area contributed by atoms with E-state index >= 15 is 0 Å². The third-order valence-corrected chi connectivity index (χ3v) is 3.45. The van der Waals surface area contributed by atoms with E-state index in [9.17, 15) is 14.0 Å². The molecule has 0 bridgehead atoms. The van der Waals surface area contributed by atoms with Gasteiger partial charge >= 0.3 is 5.97 Å². The van der Waals surface area contributed by atoms with Crippen LogP contribution in [0.2, 0.25) is 0 Å². The van der Waals surface area contributed by atoms with E-state index in [1.807, 2.05) is 6.92 Å². The van der Waals surface area contributed by atoms with Crippen molar-refractivity contribution < 1.29 is 18.7 Å². The Hall–Kier alpha value is -1.56. The summed E-state index contributed by atoms with van der Waals surface area (Å²) in [5, 5.41) is 2.58. The van der Waals surface area contributed by atoms with E-state index in [0.29, 0.717) is 5.69 Å². The first kappa shape index (κ1) is 15.5. The third kappa shape index (κ3) is 6.24. The second-order valence-corrected chi connectivity index (χ2v) is 5.39. The molecule has 0 fully saturated rings. The van der Waals surface area contributed by atoms with Gasteiger partial charge in [-0.2, -0.15) is 0 Å². The molecule has 19 heavy (non-hydrogen) atoms. The smallest absolute Gasteiger partial charge is 0.306 e. The lowest BCUT2D eigenvalue weighted by Crippen LogP contribution is -2.17. The number of hydrogen-bond acceptors (Lipinski definition) is 4. The van der Waals surface area contributed by atoms with Crippen LogP contribution in [0, 0.1) is 5.82 Å². The number of amides is 1. The first-order valence-corrected chi connectivity index (χ1v) is 6.80. The van der Waals surface area contributed by atoms with Crippen LogP contribution < -0.4 is 5.32 Å². The molecule has 0 aliphatic rings. The zero-order chi connectivity index (χ0) is 14.3. The number of thioether (sulfide) groups is 1. The van der Waals surface area contributed by atoms with E-state index in [4.69, 9.17) is 0 Å². The van der Waals surface area contributed by atoms with Gasteiger partial charge in [0.2, 0.25) is 5.91 Å². The van der Waals surface area contributed by atoms with Crippen LogP contribution in [0.5, 0.6) is 0 Å². The van der Waals surface area contributed by atoms with Crippen LogP contribution in [0.25, 0.3) is 0 Å². The molecule has 1 rings (SSSR count). The minimum atomic E-state index is -0.399. The molecule has 1 N–H and O–H groups in total. The van der Waals surface area contributed by atoms with Gasteiger partial charge in [0.25, 0.3) is 0 Å². The summed E-state index contributed by atoms with van der Waals surface area (Å²) in [6.45, 7) is 1.84. The molecule has 0 aromatic heterocycles. The highest BCUT2D eigenvalue weighted by atomic mass is 32.2. The minimum absolute atomic E-state index is 0.00860. The molecule has 1 aromatic carbocycles. The fourth-order valence-electron chi connectivity index (χ4n) is 1.36. The van der Waals surface area contributed by atoms with Gasteiger partial charge in [-0.1, -0.05) is 13.0 Å². The van der Waals surface area contributed by atoms with Gasteiger partial charge in [0.1, 0.15) is 5.82 Å². The molecule has 6 heteroatoms. The molecule has 1 amide bonds. The van der Waals surface area contributed by atoms with Gasteiger partial charge in [-0.25, -0.2) is 4.39 Å². The predicted octanol–water partition coefficient (Wildman–Crippen LogP) is 2.45. The Morgan fingerprint density at radius 1 is 1.47 bits per heavy atom. The van der Waals surface area contributed by atoms with E-state index in [-0.39, 0.29) is 29.3 Å². The number of anilines is 1. The molecule has 4 nitrogen and oxygen atoms in total. The lowest BCUT2D eigenvalue weighted by molar-refractivity contribution is -0.140. The number of esters is 1. The highest BCUT2D eigenvalue weighted by Gasteiger charge is 2.12. The summed E-state index contributed by atoms with van der Waals surface area (Å²) in [4.78, 5) is 22.6. The van der Waals surface area contributed by atoms with Crippen molar-refractivity contribution in [2.75, 3.05) is 18.2 Å². The molecule has 0 heterocycles. The van der Waals surface area contributed by atoms with Crippen molar-refractivity contribution in [1.82, 2.24) is 0 Å². The topological polar surface area (TPSA) is 55.4 Å². The predicted molar refractivity (Wildman–Crippen MR) is 73.6 cm³/mol. The van der Waals surface area contributed by atoms with Crippen molar-refractivity contribution in [1.29, 1.82) is 0 Å². The molecule has 0 aliphatic carbocycles. The zero-order valence-corrected chi connectivity index (χ0v) is 11.6. The standard InChI is InChI=1S/C13H16FNO3S/c1-9(6-13(17)18-2)19-8-12(16)15-11-5-3-4-10(14)7-11/h3-5,7,9H,6,8H2,1-2H3,(H,15,16). The maximum Gasteiger partial charge on any atom is 0.306 e. The van der Waals surface area contributed by atoms with Crippen molar-refractivity contribution in [3.8, 4) is 0 Å². The number of ether oxygens (including phenoxy) is 1. The summed E-state index contributed by atoms with van der Waals surface area (Å²) < 4.78 is 17.4. The maximum absolute atomic E-state index is 12.9. The SMILES string of the molecule is COC(=O)CC(C)SCC(=O)Nc1cccc(F)c1. The van der Waals surface area contributed by atoms with Crippen molar-refractivity contribution in [2.24, 2.45) is 0 Å². The Bertz CT molecular complexity index is 453. The molecule has 1 atom stereocenters. The molecule has 0 radical (unpaired) electrons. The number of benzene rings is 1. The van der Waals surface area contributed by atoms with Gasteiger partial charge in [-0.3, -0.25) is 9.59 Å². The monoisotopic (exact) mass is 285 g/mol. The number of rotatable bonds is 6. The zero-order valence-electron chi connectivity index (χ0n) is 10.8. The van der Waals surface area contributed by atoms with Gasteiger partial charge in [-0.05, 0) is 18.2 Å². The van der Waals surface area contributed by atoms with Crippen molar-refractivity contribution in [3.05, 3.63) is 30.1 Å². The summed E-state index contributed by atoms with van der Waals surface area (Å²) in [5.41, 5.74) is 0.422. The molecule has 0 spiro atoms. The number of carbonyl (C=O) groups is 2. The third-order valence-electron chi connectivity index (χ3n) is 2.29. The average Bonchev–Trinajstić information content (AvgIpc) is 2.36. The molecule has 0 saturated heterocycles. The first-order valence-electron chi connectivity index (χ1n) is 5.75. The van der Waals surface area contributed by atoms with E-state index in [0.717, 1.165) is 0 Å². The normalized spacial score (nSPS) is 11.7. The van der Waals surface area contributed by atoms with Crippen LogP contribution in [0.3, 0.4) is 0 Å². The maximum atomic E-state index is 12.9. The average molecular weight is 285 g/mol. The summed E-state index contributed by atoms with van der Waals surface area (Å²) in [5.74, 6) is -0.725. The Morgan fingerprint density at radius 3 is 2.84 bits per heavy atom. The summed E-state index contributed by atoms with van der Waals surface area (Å²) in [7, 11) is 1.33. The van der Waals surface area contributed by atoms with Crippen LogP contribution in [0.15, 0.2) is 24.3 Å². The van der Waals surface area contributed by atoms with Gasteiger partial charge in [0.15, 0.2) is 0 Å². The Morgan fingerprint density at radius 2 is 2.21 bits per heavy atom. The van der Waals surface area contributed by atoms with Crippen molar-refractivity contribution in [3.63, 3.8) is 0 Å². The lowest BCUT2D eigenvalue weighted by atomic mass is 10.3. The molecular weight excluding hydrogens is 269 g/mol. The van der Waals surface area contributed by atoms with E-state index in [2.05, 4.69) is 10.1 Å².